The number of amides is 2. The zero-order chi connectivity index (χ0) is 27.8. The number of nitrogens with zero attached hydrogens (tertiary/aromatic N) is 1. The molecule has 2 fully saturated rings. The summed E-state index contributed by atoms with van der Waals surface area (Å²) in [5.74, 6) is -0.609. The molecule has 2 saturated heterocycles. The maximum atomic E-state index is 14.8. The number of carbonyl (C=O) groups is 3. The Morgan fingerprint density at radius 1 is 0.925 bits per heavy atom. The smallest absolute Gasteiger partial charge is 0.251 e. The Labute approximate surface area is 232 Å². The van der Waals surface area contributed by atoms with Crippen LogP contribution in [0.25, 0.3) is 0 Å². The lowest BCUT2D eigenvalue weighted by molar-refractivity contribution is -0.137. The Morgan fingerprint density at radius 3 is 2.45 bits per heavy atom. The Balaban J connectivity index is 1.55. The van der Waals surface area contributed by atoms with Crippen molar-refractivity contribution in [3.8, 4) is 11.5 Å². The van der Waals surface area contributed by atoms with Crippen molar-refractivity contribution >= 4 is 29.0 Å². The lowest BCUT2D eigenvalue weighted by atomic mass is 9.57. The molecule has 0 bridgehead atoms. The molecule has 3 aromatic carbocycles. The molecular formula is C32H31N3O5. The van der Waals surface area contributed by atoms with Gasteiger partial charge in [-0.15, -0.1) is 0 Å². The SMILES string of the molecule is CCc1ccc2c(c1)[C@]1(C(=O)N2)N2CCC[C@@H]2[C@@H](C(=O)c2ccc(OC)c(OC)c2)[C@@]12C(=O)Nc1ccccc12. The Kier molecular flexibility index (Phi) is 5.38. The monoisotopic (exact) mass is 537 g/mol. The molecule has 4 aliphatic heterocycles. The second-order valence-electron chi connectivity index (χ2n) is 11.0. The standard InChI is InChI=1S/C32H31N3O5/c1-4-18-11-13-23-21(16-18)32(30(38)34-23)31(20-8-5-6-9-22(20)33-29(31)37)27(24-10-7-15-35(24)32)28(36)19-12-14-25(39-2)26(17-19)40-3/h5-6,8-9,11-14,16-17,24,27H,4,7,10,15H2,1-3H3,(H,33,37)(H,34,38)/t24-,27+,31+,32-/m1/s1. The van der Waals surface area contributed by atoms with Gasteiger partial charge in [0.25, 0.3) is 5.91 Å². The number of anilines is 2. The highest BCUT2D eigenvalue weighted by atomic mass is 16.5. The van der Waals surface area contributed by atoms with Gasteiger partial charge in [0, 0.05) is 28.5 Å². The van der Waals surface area contributed by atoms with E-state index in [-0.39, 0.29) is 23.6 Å². The van der Waals surface area contributed by atoms with Gasteiger partial charge in [0.2, 0.25) is 5.91 Å². The molecular weight excluding hydrogens is 506 g/mol. The lowest BCUT2D eigenvalue weighted by Gasteiger charge is -2.43. The van der Waals surface area contributed by atoms with Crippen LogP contribution in [0.2, 0.25) is 0 Å². The van der Waals surface area contributed by atoms with Gasteiger partial charge in [-0.1, -0.05) is 37.3 Å². The van der Waals surface area contributed by atoms with E-state index >= 15 is 0 Å². The van der Waals surface area contributed by atoms with Crippen LogP contribution in [0.15, 0.2) is 60.7 Å². The molecule has 204 valence electrons. The fourth-order valence-electron chi connectivity index (χ4n) is 8.01. The molecule has 0 unspecified atom stereocenters. The summed E-state index contributed by atoms with van der Waals surface area (Å²) in [7, 11) is 3.08. The predicted octanol–water partition coefficient (Wildman–Crippen LogP) is 4.28. The van der Waals surface area contributed by atoms with Crippen LogP contribution < -0.4 is 20.1 Å². The summed E-state index contributed by atoms with van der Waals surface area (Å²) in [6, 6.07) is 18.3. The molecule has 4 atom stereocenters. The summed E-state index contributed by atoms with van der Waals surface area (Å²) >= 11 is 0. The van der Waals surface area contributed by atoms with E-state index in [9.17, 15) is 14.4 Å². The Hall–Kier alpha value is -4.17. The van der Waals surface area contributed by atoms with Gasteiger partial charge in [0.05, 0.1) is 20.1 Å². The minimum atomic E-state index is -1.47. The van der Waals surface area contributed by atoms with Crippen molar-refractivity contribution in [1.82, 2.24) is 4.90 Å². The van der Waals surface area contributed by atoms with Crippen molar-refractivity contribution in [2.75, 3.05) is 31.4 Å². The summed E-state index contributed by atoms with van der Waals surface area (Å²) in [5, 5.41) is 6.21. The Bertz CT molecular complexity index is 1600. The van der Waals surface area contributed by atoms with Crippen molar-refractivity contribution in [3.05, 3.63) is 82.9 Å². The maximum absolute atomic E-state index is 14.8. The van der Waals surface area contributed by atoms with Gasteiger partial charge < -0.3 is 20.1 Å². The first-order valence-electron chi connectivity index (χ1n) is 13.8. The molecule has 2 spiro atoms. The summed E-state index contributed by atoms with van der Waals surface area (Å²) in [4.78, 5) is 46.1. The summed E-state index contributed by atoms with van der Waals surface area (Å²) in [6.07, 6.45) is 2.32. The molecule has 8 nitrogen and oxygen atoms in total. The zero-order valence-electron chi connectivity index (χ0n) is 22.7. The third-order valence-electron chi connectivity index (χ3n) is 9.52. The number of ketones is 1. The topological polar surface area (TPSA) is 97.0 Å². The lowest BCUT2D eigenvalue weighted by Crippen LogP contribution is -2.62. The van der Waals surface area contributed by atoms with E-state index < -0.39 is 16.9 Å². The Morgan fingerprint density at radius 2 is 1.68 bits per heavy atom. The number of para-hydroxylation sites is 1. The van der Waals surface area contributed by atoms with Crippen molar-refractivity contribution in [3.63, 3.8) is 0 Å². The number of methoxy groups -OCH3 is 2. The molecule has 40 heavy (non-hydrogen) atoms. The van der Waals surface area contributed by atoms with Crippen LogP contribution in [0, 0.1) is 5.92 Å². The van der Waals surface area contributed by atoms with E-state index in [4.69, 9.17) is 9.47 Å². The molecule has 0 aromatic heterocycles. The first kappa shape index (κ1) is 24.8. The third-order valence-corrected chi connectivity index (χ3v) is 9.52. The van der Waals surface area contributed by atoms with E-state index in [1.807, 2.05) is 36.4 Å². The quantitative estimate of drug-likeness (QED) is 0.472. The van der Waals surface area contributed by atoms with Crippen LogP contribution >= 0.6 is 0 Å². The van der Waals surface area contributed by atoms with E-state index in [1.165, 1.54) is 7.11 Å². The van der Waals surface area contributed by atoms with Crippen molar-refractivity contribution in [1.29, 1.82) is 0 Å². The molecule has 7 rings (SSSR count). The normalized spacial score (nSPS) is 27.9. The molecule has 4 aliphatic rings. The van der Waals surface area contributed by atoms with Crippen LogP contribution in [0.5, 0.6) is 11.5 Å². The number of aryl methyl sites for hydroxylation is 1. The van der Waals surface area contributed by atoms with Gasteiger partial charge in [-0.25, -0.2) is 0 Å². The van der Waals surface area contributed by atoms with Crippen LogP contribution in [-0.4, -0.2) is 49.3 Å². The number of carbonyl (C=O) groups excluding carboxylic acids is 3. The highest BCUT2D eigenvalue weighted by Gasteiger charge is 2.81. The van der Waals surface area contributed by atoms with E-state index in [1.54, 1.807) is 25.3 Å². The number of nitrogens with one attached hydrogen (secondary N) is 2. The molecule has 8 heteroatoms. The fraction of sp³-hybridized carbons (Fsp3) is 0.344. The number of hydrogen-bond acceptors (Lipinski definition) is 6. The zero-order valence-corrected chi connectivity index (χ0v) is 22.7. The molecule has 2 amide bonds. The highest BCUT2D eigenvalue weighted by molar-refractivity contribution is 6.21. The van der Waals surface area contributed by atoms with E-state index in [0.717, 1.165) is 24.0 Å². The minimum Gasteiger partial charge on any atom is -0.493 e. The number of rotatable bonds is 5. The van der Waals surface area contributed by atoms with Gasteiger partial charge in [-0.05, 0) is 67.3 Å². The van der Waals surface area contributed by atoms with E-state index in [2.05, 4.69) is 28.5 Å². The predicted molar refractivity (Wildman–Crippen MR) is 150 cm³/mol. The van der Waals surface area contributed by atoms with Gasteiger partial charge in [0.15, 0.2) is 17.3 Å². The van der Waals surface area contributed by atoms with Gasteiger partial charge in [0.1, 0.15) is 11.0 Å². The van der Waals surface area contributed by atoms with Crippen LogP contribution in [0.4, 0.5) is 11.4 Å². The average Bonchev–Trinajstić information content (AvgIpc) is 3.70. The molecule has 0 saturated carbocycles. The second kappa shape index (κ2) is 8.66. The maximum Gasteiger partial charge on any atom is 0.251 e. The number of fused-ring (bicyclic) bond motifs is 7. The molecule has 0 aliphatic carbocycles. The van der Waals surface area contributed by atoms with Crippen molar-refractivity contribution < 1.29 is 23.9 Å². The van der Waals surface area contributed by atoms with Crippen LogP contribution in [0.3, 0.4) is 0 Å². The fourth-order valence-corrected chi connectivity index (χ4v) is 8.01. The van der Waals surface area contributed by atoms with Crippen molar-refractivity contribution in [2.45, 2.75) is 43.2 Å². The van der Waals surface area contributed by atoms with Gasteiger partial charge >= 0.3 is 0 Å². The van der Waals surface area contributed by atoms with Gasteiger partial charge in [-0.2, -0.15) is 0 Å². The van der Waals surface area contributed by atoms with Crippen molar-refractivity contribution in [2.24, 2.45) is 5.92 Å². The first-order chi connectivity index (χ1) is 19.4. The van der Waals surface area contributed by atoms with Crippen LogP contribution in [0.1, 0.15) is 46.8 Å². The minimum absolute atomic E-state index is 0.186. The molecule has 0 radical (unpaired) electrons. The number of hydrogen-bond donors (Lipinski definition) is 2. The summed E-state index contributed by atoms with van der Waals surface area (Å²) in [6.45, 7) is 2.68. The summed E-state index contributed by atoms with van der Waals surface area (Å²) < 4.78 is 10.9. The van der Waals surface area contributed by atoms with Crippen LogP contribution in [-0.2, 0) is 27.0 Å². The molecule has 3 aromatic rings. The average molecular weight is 538 g/mol. The van der Waals surface area contributed by atoms with E-state index in [0.29, 0.717) is 47.0 Å². The third kappa shape index (κ3) is 2.81. The second-order valence-corrected chi connectivity index (χ2v) is 11.0. The van der Waals surface area contributed by atoms with Gasteiger partial charge in [-0.3, -0.25) is 19.3 Å². The largest absolute Gasteiger partial charge is 0.493 e. The molecule has 4 heterocycles. The highest BCUT2D eigenvalue weighted by Crippen LogP contribution is 2.68. The summed E-state index contributed by atoms with van der Waals surface area (Å²) in [5.41, 5.74) is 1.46. The number of Topliss-reactive ketones (excluding diaryl/α,β-unsaturated/α-hetero) is 1. The molecule has 2 N–H and O–H groups in total. The number of ether oxygens (including phenoxy) is 2. The number of benzene rings is 3. The first-order valence-corrected chi connectivity index (χ1v) is 13.8.